The average Bonchev–Trinajstić information content (AvgIpc) is 2.85. The molecule has 0 heterocycles. The predicted octanol–water partition coefficient (Wildman–Crippen LogP) is 6.31. The van der Waals surface area contributed by atoms with E-state index in [9.17, 15) is 36.6 Å². The zero-order valence-corrected chi connectivity index (χ0v) is 21.8. The van der Waals surface area contributed by atoms with Gasteiger partial charge in [-0.3, -0.25) is 0 Å². The molecule has 2 amide bonds. The van der Waals surface area contributed by atoms with E-state index < -0.39 is 43.0 Å². The van der Waals surface area contributed by atoms with Crippen LogP contribution in [0.1, 0.15) is 37.3 Å². The van der Waals surface area contributed by atoms with E-state index in [1.54, 1.807) is 49.4 Å². The summed E-state index contributed by atoms with van der Waals surface area (Å²) in [6.07, 6.45) is -8.27. The molecule has 0 aliphatic heterocycles. The largest absolute Gasteiger partial charge is 0.492 e. The third-order valence-electron chi connectivity index (χ3n) is 5.76. The second kappa shape index (κ2) is 14.7. The van der Waals surface area contributed by atoms with Crippen LogP contribution in [0.25, 0.3) is 0 Å². The van der Waals surface area contributed by atoms with Crippen LogP contribution in [0.15, 0.2) is 48.5 Å². The highest BCUT2D eigenvalue weighted by Crippen LogP contribution is 2.39. The number of alkyl halides is 5. The van der Waals surface area contributed by atoms with Crippen LogP contribution in [0, 0.1) is 6.92 Å². The fourth-order valence-electron chi connectivity index (χ4n) is 3.66. The van der Waals surface area contributed by atoms with Crippen LogP contribution in [-0.4, -0.2) is 66.5 Å². The van der Waals surface area contributed by atoms with Crippen LogP contribution in [0.5, 0.6) is 5.75 Å². The summed E-state index contributed by atoms with van der Waals surface area (Å²) in [7, 11) is 0. The van der Waals surface area contributed by atoms with Crippen molar-refractivity contribution in [3.8, 4) is 5.75 Å². The molecule has 0 fully saturated rings. The van der Waals surface area contributed by atoms with Crippen LogP contribution in [0.2, 0.25) is 0 Å². The number of rotatable bonds is 15. The normalized spacial score (nSPS) is 12.6. The zero-order chi connectivity index (χ0) is 29.1. The lowest BCUT2D eigenvalue weighted by Gasteiger charge is -2.24. The molecule has 2 N–H and O–H groups in total. The molecule has 0 aliphatic rings. The molecule has 0 aromatic heterocycles. The number of amides is 2. The summed E-state index contributed by atoms with van der Waals surface area (Å²) in [6, 6.07) is 13.1. The molecule has 2 aromatic rings. The first-order chi connectivity index (χ1) is 18.3. The standard InChI is InChI=1S/C27H33F5N2O5/c1-3-38-23(24(35)36)18-20-9-11-22(12-10-20)39-16-15-34(14-5-4-13-26(28,29)27(30,31)32)25(37)33-21-8-6-7-19(2)17-21/h6-12,17,23H,3-5,13-16,18H2,1-2H3,(H,33,37)(H,35,36). The maximum Gasteiger partial charge on any atom is 0.453 e. The van der Waals surface area contributed by atoms with Crippen molar-refractivity contribution in [1.82, 2.24) is 4.90 Å². The number of unbranched alkanes of at least 4 members (excludes halogenated alkanes) is 1. The maximum atomic E-state index is 13.2. The number of ether oxygens (including phenoxy) is 2. The molecule has 1 atom stereocenters. The molecule has 7 nitrogen and oxygen atoms in total. The van der Waals surface area contributed by atoms with Gasteiger partial charge in [-0.15, -0.1) is 0 Å². The van der Waals surface area contributed by atoms with Crippen molar-refractivity contribution in [2.45, 2.75) is 57.7 Å². The Bertz CT molecular complexity index is 1060. The van der Waals surface area contributed by atoms with Crippen molar-refractivity contribution in [2.24, 2.45) is 0 Å². The van der Waals surface area contributed by atoms with Crippen LogP contribution >= 0.6 is 0 Å². The topological polar surface area (TPSA) is 88.1 Å². The van der Waals surface area contributed by atoms with Gasteiger partial charge in [-0.05, 0) is 62.1 Å². The molecule has 0 aliphatic carbocycles. The summed E-state index contributed by atoms with van der Waals surface area (Å²) in [5.74, 6) is -5.40. The zero-order valence-electron chi connectivity index (χ0n) is 21.8. The van der Waals surface area contributed by atoms with Gasteiger partial charge in [0.05, 0.1) is 6.54 Å². The van der Waals surface area contributed by atoms with Gasteiger partial charge in [0.1, 0.15) is 12.4 Å². The number of hydrogen-bond donors (Lipinski definition) is 2. The number of halogens is 5. The Morgan fingerprint density at radius 1 is 1.03 bits per heavy atom. The van der Waals surface area contributed by atoms with E-state index in [1.165, 1.54) is 4.90 Å². The lowest BCUT2D eigenvalue weighted by Crippen LogP contribution is -2.39. The van der Waals surface area contributed by atoms with Gasteiger partial charge < -0.3 is 24.8 Å². The number of urea groups is 1. The van der Waals surface area contributed by atoms with Gasteiger partial charge in [0.15, 0.2) is 6.10 Å². The van der Waals surface area contributed by atoms with Crippen molar-refractivity contribution in [2.75, 3.05) is 31.6 Å². The minimum atomic E-state index is -5.61. The Kier molecular flexibility index (Phi) is 12.0. The third kappa shape index (κ3) is 10.7. The number of aryl methyl sites for hydroxylation is 1. The van der Waals surface area contributed by atoms with Crippen molar-refractivity contribution in [3.05, 3.63) is 59.7 Å². The van der Waals surface area contributed by atoms with Crippen molar-refractivity contribution in [3.63, 3.8) is 0 Å². The number of benzene rings is 2. The predicted molar refractivity (Wildman–Crippen MR) is 135 cm³/mol. The molecular formula is C27H33F5N2O5. The number of hydrogen-bond acceptors (Lipinski definition) is 4. The minimum Gasteiger partial charge on any atom is -0.492 e. The van der Waals surface area contributed by atoms with E-state index in [2.05, 4.69) is 5.32 Å². The summed E-state index contributed by atoms with van der Waals surface area (Å²) in [5.41, 5.74) is 2.13. The highest BCUT2D eigenvalue weighted by molar-refractivity contribution is 5.89. The summed E-state index contributed by atoms with van der Waals surface area (Å²) < 4.78 is 74.6. The first kappa shape index (κ1) is 31.8. The van der Waals surface area contributed by atoms with Crippen LogP contribution in [-0.2, 0) is 16.0 Å². The van der Waals surface area contributed by atoms with E-state index in [1.807, 2.05) is 13.0 Å². The Balaban J connectivity index is 1.96. The van der Waals surface area contributed by atoms with E-state index in [-0.39, 0.29) is 39.1 Å². The third-order valence-corrected chi connectivity index (χ3v) is 5.76. The van der Waals surface area contributed by atoms with Gasteiger partial charge in [-0.1, -0.05) is 24.3 Å². The van der Waals surface area contributed by atoms with Crippen molar-refractivity contribution in [1.29, 1.82) is 0 Å². The second-order valence-electron chi connectivity index (χ2n) is 8.92. The van der Waals surface area contributed by atoms with Crippen molar-refractivity contribution < 1.29 is 46.1 Å². The lowest BCUT2D eigenvalue weighted by molar-refractivity contribution is -0.284. The van der Waals surface area contributed by atoms with Gasteiger partial charge in [-0.25, -0.2) is 9.59 Å². The van der Waals surface area contributed by atoms with E-state index in [0.717, 1.165) is 11.1 Å². The first-order valence-corrected chi connectivity index (χ1v) is 12.5. The highest BCUT2D eigenvalue weighted by Gasteiger charge is 2.56. The summed E-state index contributed by atoms with van der Waals surface area (Å²) in [6.45, 7) is 3.82. The molecule has 0 saturated heterocycles. The molecule has 39 heavy (non-hydrogen) atoms. The Morgan fingerprint density at radius 2 is 1.72 bits per heavy atom. The summed E-state index contributed by atoms with van der Waals surface area (Å²) in [5, 5.41) is 11.9. The molecule has 2 rings (SSSR count). The Labute approximate surface area is 223 Å². The lowest BCUT2D eigenvalue weighted by atomic mass is 10.1. The number of carboxylic acids is 1. The molecule has 0 bridgehead atoms. The second-order valence-corrected chi connectivity index (χ2v) is 8.92. The molecule has 2 aromatic carbocycles. The molecule has 216 valence electrons. The summed E-state index contributed by atoms with van der Waals surface area (Å²) >= 11 is 0. The van der Waals surface area contributed by atoms with Crippen LogP contribution < -0.4 is 10.1 Å². The number of nitrogens with zero attached hydrogens (tertiary/aromatic N) is 1. The minimum absolute atomic E-state index is 0.0238. The molecule has 12 heteroatoms. The number of carbonyl (C=O) groups excluding carboxylic acids is 1. The first-order valence-electron chi connectivity index (χ1n) is 12.5. The van der Waals surface area contributed by atoms with Crippen LogP contribution in [0.4, 0.5) is 32.4 Å². The maximum absolute atomic E-state index is 13.2. The number of aliphatic carboxylic acids is 1. The molecule has 1 unspecified atom stereocenters. The Hall–Kier alpha value is -3.41. The summed E-state index contributed by atoms with van der Waals surface area (Å²) in [4.78, 5) is 25.4. The smallest absolute Gasteiger partial charge is 0.453 e. The van der Waals surface area contributed by atoms with Crippen LogP contribution in [0.3, 0.4) is 0 Å². The molecular weight excluding hydrogens is 527 g/mol. The van der Waals surface area contributed by atoms with Gasteiger partial charge in [0, 0.05) is 31.7 Å². The fourth-order valence-corrected chi connectivity index (χ4v) is 3.66. The van der Waals surface area contributed by atoms with Gasteiger partial charge in [-0.2, -0.15) is 22.0 Å². The van der Waals surface area contributed by atoms with E-state index in [0.29, 0.717) is 11.4 Å². The van der Waals surface area contributed by atoms with Crippen molar-refractivity contribution >= 4 is 17.7 Å². The Morgan fingerprint density at radius 3 is 2.31 bits per heavy atom. The van der Waals surface area contributed by atoms with E-state index >= 15 is 0 Å². The number of anilines is 1. The van der Waals surface area contributed by atoms with Gasteiger partial charge in [0.2, 0.25) is 0 Å². The fraction of sp³-hybridized carbons (Fsp3) is 0.481. The number of carboxylic acid groups (broad SMARTS) is 1. The van der Waals surface area contributed by atoms with Gasteiger partial charge >= 0.3 is 24.1 Å². The SMILES string of the molecule is CCOC(Cc1ccc(OCCN(CCCCC(F)(F)C(F)(F)F)C(=O)Nc2cccc(C)c2)cc1)C(=O)O. The van der Waals surface area contributed by atoms with E-state index in [4.69, 9.17) is 9.47 Å². The quantitative estimate of drug-likeness (QED) is 0.197. The average molecular weight is 561 g/mol. The molecule has 0 saturated carbocycles. The highest BCUT2D eigenvalue weighted by atomic mass is 19.4. The van der Waals surface area contributed by atoms with Gasteiger partial charge in [0.25, 0.3) is 0 Å². The molecule has 0 spiro atoms. The monoisotopic (exact) mass is 560 g/mol. The number of carbonyl (C=O) groups is 2. The molecule has 0 radical (unpaired) electrons. The number of nitrogens with one attached hydrogen (secondary N) is 1.